The van der Waals surface area contributed by atoms with Crippen LogP contribution in [-0.2, 0) is 6.54 Å². The first-order valence-electron chi connectivity index (χ1n) is 3.73. The summed E-state index contributed by atoms with van der Waals surface area (Å²) >= 11 is 0. The van der Waals surface area contributed by atoms with Crippen LogP contribution in [-0.4, -0.2) is 16.3 Å². The molecule has 0 atom stereocenters. The van der Waals surface area contributed by atoms with Crippen molar-refractivity contribution in [3.05, 3.63) is 28.2 Å². The average Bonchev–Trinajstić information content (AvgIpc) is 2.06. The van der Waals surface area contributed by atoms with Gasteiger partial charge in [0, 0.05) is 18.3 Å². The smallest absolute Gasteiger partial charge is 0.250 e. The molecule has 12 heavy (non-hydrogen) atoms. The van der Waals surface area contributed by atoms with E-state index in [1.807, 2.05) is 0 Å². The molecule has 4 heteroatoms. The zero-order valence-electron chi connectivity index (χ0n) is 6.95. The maximum atomic E-state index is 11.2. The highest BCUT2D eigenvalue weighted by Gasteiger charge is 2.01. The molecule has 0 aromatic carbocycles. The molecule has 0 unspecified atom stereocenters. The number of hydrogen-bond donors (Lipinski definition) is 2. The Labute approximate surface area is 70.3 Å². The molecule has 0 amide bonds. The molecule has 0 radical (unpaired) electrons. The molecule has 4 nitrogen and oxygen atoms in total. The Bertz CT molecular complexity index is 330. The summed E-state index contributed by atoms with van der Waals surface area (Å²) in [6.45, 7) is 2.01. The van der Waals surface area contributed by atoms with Crippen molar-refractivity contribution in [1.82, 2.24) is 4.57 Å². The Hall–Kier alpha value is -1.29. The summed E-state index contributed by atoms with van der Waals surface area (Å²) < 4.78 is 1.45. The van der Waals surface area contributed by atoms with Crippen molar-refractivity contribution in [3.8, 4) is 0 Å². The number of aliphatic hydroxyl groups is 1. The lowest BCUT2D eigenvalue weighted by atomic mass is 10.3. The van der Waals surface area contributed by atoms with Gasteiger partial charge in [-0.15, -0.1) is 0 Å². The van der Waals surface area contributed by atoms with E-state index in [1.165, 1.54) is 10.6 Å². The summed E-state index contributed by atoms with van der Waals surface area (Å²) in [6, 6.07) is 2.98. The molecule has 1 rings (SSSR count). The van der Waals surface area contributed by atoms with Gasteiger partial charge in [0.2, 0.25) is 0 Å². The molecular formula is C8H12N2O2. The average molecular weight is 168 g/mol. The quantitative estimate of drug-likeness (QED) is 0.638. The van der Waals surface area contributed by atoms with Crippen molar-refractivity contribution < 1.29 is 5.11 Å². The van der Waals surface area contributed by atoms with Crippen LogP contribution in [0.25, 0.3) is 0 Å². The minimum absolute atomic E-state index is 0.0514. The van der Waals surface area contributed by atoms with E-state index in [2.05, 4.69) is 0 Å². The maximum Gasteiger partial charge on any atom is 0.250 e. The second-order valence-electron chi connectivity index (χ2n) is 2.59. The number of rotatable bonds is 2. The van der Waals surface area contributed by atoms with E-state index >= 15 is 0 Å². The highest BCUT2D eigenvalue weighted by atomic mass is 16.3. The Kier molecular flexibility index (Phi) is 2.50. The fraction of sp³-hybridized carbons (Fsp3) is 0.375. The lowest BCUT2D eigenvalue weighted by molar-refractivity contribution is 0.273. The molecule has 0 bridgehead atoms. The summed E-state index contributed by atoms with van der Waals surface area (Å²) in [5.41, 5.74) is 6.73. The van der Waals surface area contributed by atoms with Crippen molar-refractivity contribution in [3.63, 3.8) is 0 Å². The molecule has 0 saturated carbocycles. The summed E-state index contributed by atoms with van der Waals surface area (Å²) in [5, 5.41) is 8.66. The van der Waals surface area contributed by atoms with Crippen molar-refractivity contribution in [2.45, 2.75) is 13.5 Å². The first-order chi connectivity index (χ1) is 5.66. The molecule has 0 spiro atoms. The zero-order valence-corrected chi connectivity index (χ0v) is 6.95. The van der Waals surface area contributed by atoms with E-state index < -0.39 is 0 Å². The number of aliphatic hydroxyl groups excluding tert-OH is 1. The van der Waals surface area contributed by atoms with E-state index in [0.717, 1.165) is 0 Å². The van der Waals surface area contributed by atoms with Crippen molar-refractivity contribution in [2.24, 2.45) is 0 Å². The van der Waals surface area contributed by atoms with E-state index in [1.54, 1.807) is 13.0 Å². The lowest BCUT2D eigenvalue weighted by Gasteiger charge is -2.09. The predicted molar refractivity (Wildman–Crippen MR) is 46.9 cm³/mol. The van der Waals surface area contributed by atoms with Crippen LogP contribution in [0.2, 0.25) is 0 Å². The number of nitrogens with zero attached hydrogens (tertiary/aromatic N) is 1. The molecule has 3 N–H and O–H groups in total. The highest BCUT2D eigenvalue weighted by molar-refractivity contribution is 5.41. The predicted octanol–water partition coefficient (Wildman–Crippen LogP) is -0.269. The monoisotopic (exact) mass is 168 g/mol. The van der Waals surface area contributed by atoms with Crippen molar-refractivity contribution >= 4 is 5.69 Å². The van der Waals surface area contributed by atoms with Gasteiger partial charge in [0.15, 0.2) is 0 Å². The van der Waals surface area contributed by atoms with E-state index in [9.17, 15) is 4.79 Å². The number of aromatic nitrogens is 1. The second-order valence-corrected chi connectivity index (χ2v) is 2.59. The number of pyridine rings is 1. The van der Waals surface area contributed by atoms with Gasteiger partial charge in [-0.05, 0) is 13.0 Å². The fourth-order valence-corrected chi connectivity index (χ4v) is 1.07. The first-order valence-corrected chi connectivity index (χ1v) is 3.73. The summed E-state index contributed by atoms with van der Waals surface area (Å²) in [7, 11) is 0. The Morgan fingerprint density at radius 1 is 1.58 bits per heavy atom. The van der Waals surface area contributed by atoms with Gasteiger partial charge in [-0.25, -0.2) is 0 Å². The molecule has 66 valence electrons. The summed E-state index contributed by atoms with van der Waals surface area (Å²) in [5.74, 6) is 0. The Balaban J connectivity index is 3.23. The van der Waals surface area contributed by atoms with E-state index in [0.29, 0.717) is 17.9 Å². The molecule has 0 aliphatic rings. The van der Waals surface area contributed by atoms with Gasteiger partial charge >= 0.3 is 0 Å². The van der Waals surface area contributed by atoms with E-state index in [4.69, 9.17) is 10.8 Å². The minimum Gasteiger partial charge on any atom is -0.397 e. The van der Waals surface area contributed by atoms with Crippen LogP contribution in [0.1, 0.15) is 5.69 Å². The van der Waals surface area contributed by atoms with Crippen LogP contribution >= 0.6 is 0 Å². The maximum absolute atomic E-state index is 11.2. The SMILES string of the molecule is Cc1c(N)ccc(=O)n1CCO. The van der Waals surface area contributed by atoms with Crippen LogP contribution in [0.15, 0.2) is 16.9 Å². The third kappa shape index (κ3) is 1.48. The van der Waals surface area contributed by atoms with Crippen LogP contribution < -0.4 is 11.3 Å². The van der Waals surface area contributed by atoms with Gasteiger partial charge in [-0.3, -0.25) is 4.79 Å². The largest absolute Gasteiger partial charge is 0.397 e. The van der Waals surface area contributed by atoms with Gasteiger partial charge in [0.1, 0.15) is 0 Å². The number of hydrogen-bond acceptors (Lipinski definition) is 3. The van der Waals surface area contributed by atoms with Crippen LogP contribution in [0.5, 0.6) is 0 Å². The first kappa shape index (κ1) is 8.80. The normalized spacial score (nSPS) is 10.2. The molecule has 0 saturated heterocycles. The number of anilines is 1. The minimum atomic E-state index is -0.129. The topological polar surface area (TPSA) is 68.2 Å². The third-order valence-corrected chi connectivity index (χ3v) is 1.82. The van der Waals surface area contributed by atoms with Crippen molar-refractivity contribution in [2.75, 3.05) is 12.3 Å². The van der Waals surface area contributed by atoms with Gasteiger partial charge in [-0.2, -0.15) is 0 Å². The highest BCUT2D eigenvalue weighted by Crippen LogP contribution is 2.05. The summed E-state index contributed by atoms with van der Waals surface area (Å²) in [6.07, 6.45) is 0. The number of nitrogens with two attached hydrogens (primary N) is 1. The molecule has 1 aromatic rings. The lowest BCUT2D eigenvalue weighted by Crippen LogP contribution is -2.23. The van der Waals surface area contributed by atoms with Crippen LogP contribution in [0.3, 0.4) is 0 Å². The second kappa shape index (κ2) is 3.40. The molecular weight excluding hydrogens is 156 g/mol. The van der Waals surface area contributed by atoms with Crippen LogP contribution in [0, 0.1) is 6.92 Å². The number of nitrogen functional groups attached to an aromatic ring is 1. The third-order valence-electron chi connectivity index (χ3n) is 1.82. The standard InChI is InChI=1S/C8H12N2O2/c1-6-7(9)2-3-8(12)10(6)4-5-11/h2-3,11H,4-5,9H2,1H3. The van der Waals surface area contributed by atoms with Gasteiger partial charge < -0.3 is 15.4 Å². The van der Waals surface area contributed by atoms with Gasteiger partial charge in [-0.1, -0.05) is 0 Å². The van der Waals surface area contributed by atoms with Gasteiger partial charge in [0.25, 0.3) is 5.56 Å². The van der Waals surface area contributed by atoms with Crippen molar-refractivity contribution in [1.29, 1.82) is 0 Å². The van der Waals surface area contributed by atoms with E-state index in [-0.39, 0.29) is 12.2 Å². The molecule has 0 fully saturated rings. The summed E-state index contributed by atoms with van der Waals surface area (Å²) in [4.78, 5) is 11.2. The Morgan fingerprint density at radius 3 is 2.83 bits per heavy atom. The Morgan fingerprint density at radius 2 is 2.25 bits per heavy atom. The molecule has 1 heterocycles. The molecule has 0 aliphatic carbocycles. The fourth-order valence-electron chi connectivity index (χ4n) is 1.07. The van der Waals surface area contributed by atoms with Gasteiger partial charge in [0.05, 0.1) is 12.3 Å². The van der Waals surface area contributed by atoms with Crippen LogP contribution in [0.4, 0.5) is 5.69 Å². The molecule has 0 aliphatic heterocycles. The molecule has 1 aromatic heterocycles. The zero-order chi connectivity index (χ0) is 9.14.